The largest absolute Gasteiger partial charge is 0.456 e. The third-order valence-corrected chi connectivity index (χ3v) is 16.6. The van der Waals surface area contributed by atoms with E-state index in [0.717, 1.165) is 69.1 Å². The molecule has 8 aliphatic rings. The van der Waals surface area contributed by atoms with Crippen LogP contribution in [0.1, 0.15) is 88.2 Å². The number of nitrogens with zero attached hydrogens (tertiary/aromatic N) is 1. The molecule has 15 rings (SSSR count). The monoisotopic (exact) mass is 755 g/mol. The summed E-state index contributed by atoms with van der Waals surface area (Å²) in [5, 5.41) is 2.33. The molecule has 58 heavy (non-hydrogen) atoms. The van der Waals surface area contributed by atoms with Gasteiger partial charge < -0.3 is 9.32 Å². The van der Waals surface area contributed by atoms with Gasteiger partial charge in [-0.3, -0.25) is 0 Å². The standard InChI is InChI=1S/C56H53NO/c1-4-10-51(55-30-36-23-37(31-55)25-38(24-36)32-55)47(7-1)42-13-17-44(18-14-42)57(46-21-22-50-49-9-3-6-12-53(49)58-54(50)29-46)45-19-15-43(16-20-45)48-8-2-5-11-52(48)56-33-39-26-40(34-56)28-41(27-39)35-56/h1-22,29,36-41H,23-28,30-35H2. The molecule has 0 N–H and O–H groups in total. The lowest BCUT2D eigenvalue weighted by Gasteiger charge is -2.57. The van der Waals surface area contributed by atoms with Crippen LogP contribution in [0.15, 0.2) is 144 Å². The summed E-state index contributed by atoms with van der Waals surface area (Å²) < 4.78 is 6.47. The lowest BCUT2D eigenvalue weighted by molar-refractivity contribution is -0.00504. The Bertz CT molecular complexity index is 2500. The topological polar surface area (TPSA) is 16.4 Å². The average molecular weight is 756 g/mol. The van der Waals surface area contributed by atoms with Crippen molar-refractivity contribution in [2.45, 2.75) is 87.9 Å². The molecule has 6 aromatic carbocycles. The zero-order valence-corrected chi connectivity index (χ0v) is 33.6. The molecule has 0 atom stereocenters. The van der Waals surface area contributed by atoms with E-state index in [1.165, 1.54) is 105 Å². The number of anilines is 3. The van der Waals surface area contributed by atoms with Crippen LogP contribution in [0.4, 0.5) is 17.1 Å². The Morgan fingerprint density at radius 2 is 0.776 bits per heavy atom. The maximum atomic E-state index is 6.47. The highest BCUT2D eigenvalue weighted by atomic mass is 16.3. The number of fused-ring (bicyclic) bond motifs is 3. The van der Waals surface area contributed by atoms with Crippen LogP contribution in [0.5, 0.6) is 0 Å². The Morgan fingerprint density at radius 3 is 1.26 bits per heavy atom. The van der Waals surface area contributed by atoms with E-state index in [2.05, 4.69) is 144 Å². The van der Waals surface area contributed by atoms with E-state index in [1.807, 2.05) is 0 Å². The highest BCUT2D eigenvalue weighted by molar-refractivity contribution is 6.06. The van der Waals surface area contributed by atoms with E-state index in [4.69, 9.17) is 4.42 Å². The van der Waals surface area contributed by atoms with Crippen molar-refractivity contribution in [2.75, 3.05) is 4.90 Å². The molecule has 8 aliphatic carbocycles. The summed E-state index contributed by atoms with van der Waals surface area (Å²) in [6.45, 7) is 0. The second-order valence-corrected chi connectivity index (χ2v) is 20.2. The molecule has 0 unspecified atom stereocenters. The van der Waals surface area contributed by atoms with Crippen molar-refractivity contribution in [3.63, 3.8) is 0 Å². The lowest BCUT2D eigenvalue weighted by atomic mass is 9.47. The lowest BCUT2D eigenvalue weighted by Crippen LogP contribution is -2.48. The Balaban J connectivity index is 0.888. The summed E-state index contributed by atoms with van der Waals surface area (Å²) in [4.78, 5) is 2.43. The van der Waals surface area contributed by atoms with Gasteiger partial charge in [-0.25, -0.2) is 0 Å². The van der Waals surface area contributed by atoms with E-state index >= 15 is 0 Å². The first-order valence-corrected chi connectivity index (χ1v) is 22.7. The van der Waals surface area contributed by atoms with Gasteiger partial charge in [0.15, 0.2) is 0 Å². The van der Waals surface area contributed by atoms with Crippen LogP contribution in [-0.4, -0.2) is 0 Å². The highest BCUT2D eigenvalue weighted by Gasteiger charge is 2.53. The van der Waals surface area contributed by atoms with Gasteiger partial charge in [0, 0.05) is 33.9 Å². The molecule has 2 nitrogen and oxygen atoms in total. The van der Waals surface area contributed by atoms with Gasteiger partial charge in [0.2, 0.25) is 0 Å². The average Bonchev–Trinajstić information content (AvgIpc) is 3.61. The quantitative estimate of drug-likeness (QED) is 0.161. The number of hydrogen-bond acceptors (Lipinski definition) is 2. The molecule has 1 heterocycles. The van der Waals surface area contributed by atoms with Gasteiger partial charge in [0.25, 0.3) is 0 Å². The second-order valence-electron chi connectivity index (χ2n) is 20.2. The Hall–Kier alpha value is -5.08. The SMILES string of the molecule is c1ccc(C23CC4CC(CC(C4)C2)C3)c(-c2ccc(N(c3ccc(-c4ccccc4C45CC6CC(CC(C6)C4)C5)cc3)c3ccc4c(c3)oc3ccccc34)cc2)c1. The molecule has 0 spiro atoms. The number of benzene rings is 6. The molecule has 288 valence electrons. The van der Waals surface area contributed by atoms with Gasteiger partial charge in [-0.05, 0) is 199 Å². The van der Waals surface area contributed by atoms with Crippen molar-refractivity contribution in [1.82, 2.24) is 0 Å². The highest BCUT2D eigenvalue weighted by Crippen LogP contribution is 2.63. The zero-order valence-electron chi connectivity index (χ0n) is 33.6. The van der Waals surface area contributed by atoms with Crippen molar-refractivity contribution in [1.29, 1.82) is 0 Å². The first-order chi connectivity index (χ1) is 28.5. The predicted molar refractivity (Wildman–Crippen MR) is 239 cm³/mol. The first kappa shape index (κ1) is 33.8. The van der Waals surface area contributed by atoms with Crippen LogP contribution in [-0.2, 0) is 10.8 Å². The van der Waals surface area contributed by atoms with Crippen molar-refractivity contribution in [3.05, 3.63) is 151 Å². The summed E-state index contributed by atoms with van der Waals surface area (Å²) >= 11 is 0. The fourth-order valence-electron chi connectivity index (χ4n) is 15.2. The van der Waals surface area contributed by atoms with E-state index in [-0.39, 0.29) is 0 Å². The molecule has 1 aromatic heterocycles. The molecule has 0 amide bonds. The molecule has 8 fully saturated rings. The van der Waals surface area contributed by atoms with Crippen molar-refractivity contribution in [2.24, 2.45) is 35.5 Å². The second kappa shape index (κ2) is 12.7. The van der Waals surface area contributed by atoms with Gasteiger partial charge >= 0.3 is 0 Å². The Labute approximate surface area is 343 Å². The van der Waals surface area contributed by atoms with E-state index in [0.29, 0.717) is 10.8 Å². The first-order valence-electron chi connectivity index (χ1n) is 22.7. The normalized spacial score (nSPS) is 30.4. The predicted octanol–water partition coefficient (Wildman–Crippen LogP) is 15.3. The molecule has 8 saturated carbocycles. The van der Waals surface area contributed by atoms with E-state index in [9.17, 15) is 0 Å². The minimum atomic E-state index is 0.355. The summed E-state index contributed by atoms with van der Waals surface area (Å²) in [7, 11) is 0. The maximum absolute atomic E-state index is 6.47. The smallest absolute Gasteiger partial charge is 0.137 e. The summed E-state index contributed by atoms with van der Waals surface area (Å²) in [5.41, 5.74) is 14.8. The van der Waals surface area contributed by atoms with Crippen LogP contribution < -0.4 is 4.90 Å². The molecule has 7 aromatic rings. The minimum Gasteiger partial charge on any atom is -0.456 e. The fraction of sp³-hybridized carbons (Fsp3) is 0.357. The van der Waals surface area contributed by atoms with Crippen LogP contribution in [0, 0.1) is 35.5 Å². The fourth-order valence-corrected chi connectivity index (χ4v) is 15.2. The van der Waals surface area contributed by atoms with Gasteiger partial charge in [-0.15, -0.1) is 0 Å². The maximum Gasteiger partial charge on any atom is 0.137 e. The minimum absolute atomic E-state index is 0.355. The van der Waals surface area contributed by atoms with Crippen LogP contribution in [0.25, 0.3) is 44.2 Å². The third kappa shape index (κ3) is 5.29. The summed E-state index contributed by atoms with van der Waals surface area (Å²) in [5.74, 6) is 5.56. The third-order valence-electron chi connectivity index (χ3n) is 16.6. The number of furan rings is 1. The van der Waals surface area contributed by atoms with Gasteiger partial charge in [0.05, 0.1) is 0 Å². The zero-order chi connectivity index (χ0) is 38.0. The number of hydrogen-bond donors (Lipinski definition) is 0. The van der Waals surface area contributed by atoms with E-state index < -0.39 is 0 Å². The molecular weight excluding hydrogens is 703 g/mol. The number of rotatable bonds is 7. The van der Waals surface area contributed by atoms with Crippen molar-refractivity contribution >= 4 is 39.0 Å². The molecule has 0 saturated heterocycles. The summed E-state index contributed by atoms with van der Waals surface area (Å²) in [6, 6.07) is 53.0. The van der Waals surface area contributed by atoms with Crippen molar-refractivity contribution < 1.29 is 4.42 Å². The van der Waals surface area contributed by atoms with Crippen LogP contribution in [0.2, 0.25) is 0 Å². The molecule has 0 radical (unpaired) electrons. The molecule has 8 bridgehead atoms. The number of para-hydroxylation sites is 1. The Kier molecular flexibility index (Phi) is 7.42. The van der Waals surface area contributed by atoms with Gasteiger partial charge in [-0.1, -0.05) is 91.0 Å². The van der Waals surface area contributed by atoms with E-state index in [1.54, 1.807) is 11.1 Å². The Morgan fingerprint density at radius 1 is 0.379 bits per heavy atom. The van der Waals surface area contributed by atoms with Gasteiger partial charge in [0.1, 0.15) is 11.2 Å². The van der Waals surface area contributed by atoms with Gasteiger partial charge in [-0.2, -0.15) is 0 Å². The molecular formula is C56H53NO. The van der Waals surface area contributed by atoms with Crippen LogP contribution >= 0.6 is 0 Å². The molecule has 2 heteroatoms. The molecule has 0 aliphatic heterocycles. The van der Waals surface area contributed by atoms with Crippen molar-refractivity contribution in [3.8, 4) is 22.3 Å². The van der Waals surface area contributed by atoms with Crippen LogP contribution in [0.3, 0.4) is 0 Å². The summed E-state index contributed by atoms with van der Waals surface area (Å²) in [6.07, 6.45) is 17.1.